The third-order valence-electron chi connectivity index (χ3n) is 4.41. The van der Waals surface area contributed by atoms with Crippen molar-refractivity contribution in [3.63, 3.8) is 0 Å². The molecule has 132 valence electrons. The number of piperazine rings is 1. The number of nitrogens with one attached hydrogen (secondary N) is 1. The Morgan fingerprint density at radius 1 is 1.46 bits per heavy atom. The summed E-state index contributed by atoms with van der Waals surface area (Å²) in [5.74, 6) is -0.161. The molecule has 1 aromatic heterocycles. The van der Waals surface area contributed by atoms with Gasteiger partial charge in [-0.15, -0.1) is 11.3 Å². The van der Waals surface area contributed by atoms with Crippen LogP contribution in [-0.4, -0.2) is 74.1 Å². The fraction of sp³-hybridized carbons (Fsp3) is 0.647. The summed E-state index contributed by atoms with van der Waals surface area (Å²) in [4.78, 5) is 19.9. The molecular formula is C17H27N5OS. The standard InChI is InChI=1S/C17H27N5OS/c1-14(11-18)13-21(3)17(23)19-12-15(16-5-4-10-24-16)22-8-6-20(2)7-9-22/h4-5,10,14-15H,6-9,12-13H2,1-3H3,(H,19,23)/t14-,15-/m1/s1. The Kier molecular flexibility index (Phi) is 7.03. The monoisotopic (exact) mass is 349 g/mol. The van der Waals surface area contributed by atoms with E-state index in [0.29, 0.717) is 13.1 Å². The largest absolute Gasteiger partial charge is 0.336 e. The van der Waals surface area contributed by atoms with Gasteiger partial charge in [-0.2, -0.15) is 5.26 Å². The van der Waals surface area contributed by atoms with Crippen molar-refractivity contribution >= 4 is 17.4 Å². The molecule has 6 nitrogen and oxygen atoms in total. The van der Waals surface area contributed by atoms with Crippen molar-refractivity contribution in [3.05, 3.63) is 22.4 Å². The first-order valence-corrected chi connectivity index (χ1v) is 9.23. The molecule has 1 fully saturated rings. The molecule has 2 heterocycles. The summed E-state index contributed by atoms with van der Waals surface area (Å²) in [7, 11) is 3.88. The highest BCUT2D eigenvalue weighted by Crippen LogP contribution is 2.25. The van der Waals surface area contributed by atoms with E-state index in [1.54, 1.807) is 23.3 Å². The van der Waals surface area contributed by atoms with Crippen LogP contribution in [-0.2, 0) is 0 Å². The Bertz CT molecular complexity index is 548. The molecule has 7 heteroatoms. The third kappa shape index (κ3) is 5.20. The van der Waals surface area contributed by atoms with Gasteiger partial charge in [-0.1, -0.05) is 6.07 Å². The first kappa shape index (κ1) is 18.7. The van der Waals surface area contributed by atoms with Gasteiger partial charge in [0.1, 0.15) is 0 Å². The van der Waals surface area contributed by atoms with Gasteiger partial charge >= 0.3 is 6.03 Å². The highest BCUT2D eigenvalue weighted by atomic mass is 32.1. The average Bonchev–Trinajstić information content (AvgIpc) is 3.10. The molecule has 24 heavy (non-hydrogen) atoms. The number of thiophene rings is 1. The summed E-state index contributed by atoms with van der Waals surface area (Å²) in [6.07, 6.45) is 0. The zero-order valence-electron chi connectivity index (χ0n) is 14.7. The molecular weight excluding hydrogens is 322 g/mol. The average molecular weight is 350 g/mol. The molecule has 2 rings (SSSR count). The normalized spacial score (nSPS) is 18.6. The van der Waals surface area contributed by atoms with Gasteiger partial charge in [0, 0.05) is 51.2 Å². The minimum atomic E-state index is -0.161. The SMILES string of the molecule is C[C@H](C#N)CN(C)C(=O)NC[C@H](c1cccs1)N1CCN(C)CC1. The Morgan fingerprint density at radius 3 is 2.75 bits per heavy atom. The van der Waals surface area contributed by atoms with Crippen molar-refractivity contribution in [1.29, 1.82) is 5.26 Å². The molecule has 1 aliphatic heterocycles. The Labute approximate surface area is 148 Å². The van der Waals surface area contributed by atoms with E-state index in [1.807, 2.05) is 6.92 Å². The molecule has 0 bridgehead atoms. The summed E-state index contributed by atoms with van der Waals surface area (Å²) in [6, 6.07) is 6.46. The molecule has 2 atom stereocenters. The summed E-state index contributed by atoms with van der Waals surface area (Å²) in [5, 5.41) is 14.0. The molecule has 0 spiro atoms. The van der Waals surface area contributed by atoms with Crippen molar-refractivity contribution < 1.29 is 4.79 Å². The van der Waals surface area contributed by atoms with Crippen molar-refractivity contribution in [2.24, 2.45) is 5.92 Å². The molecule has 1 N–H and O–H groups in total. The molecule has 1 aromatic rings. The quantitative estimate of drug-likeness (QED) is 0.851. The van der Waals surface area contributed by atoms with E-state index in [9.17, 15) is 4.79 Å². The second-order valence-electron chi connectivity index (χ2n) is 6.47. The molecule has 2 amide bonds. The Morgan fingerprint density at radius 2 is 2.17 bits per heavy atom. The topological polar surface area (TPSA) is 62.6 Å². The zero-order valence-corrected chi connectivity index (χ0v) is 15.6. The zero-order chi connectivity index (χ0) is 17.5. The fourth-order valence-corrected chi connectivity index (χ4v) is 3.74. The van der Waals surface area contributed by atoms with Crippen LogP contribution in [0, 0.1) is 17.2 Å². The number of carbonyl (C=O) groups is 1. The van der Waals surface area contributed by atoms with E-state index in [2.05, 4.69) is 45.7 Å². The fourth-order valence-electron chi connectivity index (χ4n) is 2.88. The van der Waals surface area contributed by atoms with Crippen LogP contribution >= 0.6 is 11.3 Å². The second kappa shape index (κ2) is 9.02. The maximum Gasteiger partial charge on any atom is 0.317 e. The van der Waals surface area contributed by atoms with Gasteiger partial charge in [0.25, 0.3) is 0 Å². The number of amides is 2. The Balaban J connectivity index is 1.94. The third-order valence-corrected chi connectivity index (χ3v) is 5.39. The van der Waals surface area contributed by atoms with Crippen LogP contribution in [0.25, 0.3) is 0 Å². The number of urea groups is 1. The number of hydrogen-bond donors (Lipinski definition) is 1. The van der Waals surface area contributed by atoms with Crippen LogP contribution in [0.4, 0.5) is 4.79 Å². The van der Waals surface area contributed by atoms with Crippen LogP contribution in [0.15, 0.2) is 17.5 Å². The summed E-state index contributed by atoms with van der Waals surface area (Å²) < 4.78 is 0. The lowest BCUT2D eigenvalue weighted by Gasteiger charge is -2.37. The van der Waals surface area contributed by atoms with E-state index in [4.69, 9.17) is 5.26 Å². The van der Waals surface area contributed by atoms with Gasteiger partial charge in [-0.25, -0.2) is 4.79 Å². The predicted octanol–water partition coefficient (Wildman–Crippen LogP) is 1.84. The first-order valence-electron chi connectivity index (χ1n) is 8.36. The highest BCUT2D eigenvalue weighted by molar-refractivity contribution is 7.10. The molecule has 1 aliphatic rings. The lowest BCUT2D eigenvalue weighted by molar-refractivity contribution is 0.111. The molecule has 0 aliphatic carbocycles. The van der Waals surface area contributed by atoms with E-state index in [1.165, 1.54) is 4.88 Å². The van der Waals surface area contributed by atoms with Crippen LogP contribution in [0.1, 0.15) is 17.8 Å². The van der Waals surface area contributed by atoms with Crippen LogP contribution in [0.2, 0.25) is 0 Å². The molecule has 1 saturated heterocycles. The highest BCUT2D eigenvalue weighted by Gasteiger charge is 2.25. The first-order chi connectivity index (χ1) is 11.5. The molecule has 0 aromatic carbocycles. The summed E-state index contributed by atoms with van der Waals surface area (Å²) in [5.41, 5.74) is 0. The summed E-state index contributed by atoms with van der Waals surface area (Å²) >= 11 is 1.74. The van der Waals surface area contributed by atoms with E-state index >= 15 is 0 Å². The smallest absolute Gasteiger partial charge is 0.317 e. The Hall–Kier alpha value is -1.62. The number of nitrogens with zero attached hydrogens (tertiary/aromatic N) is 4. The maximum absolute atomic E-state index is 12.3. The van der Waals surface area contributed by atoms with E-state index in [0.717, 1.165) is 26.2 Å². The van der Waals surface area contributed by atoms with Crippen LogP contribution < -0.4 is 5.32 Å². The van der Waals surface area contributed by atoms with Gasteiger partial charge in [0.15, 0.2) is 0 Å². The molecule has 0 radical (unpaired) electrons. The van der Waals surface area contributed by atoms with Gasteiger partial charge in [0.2, 0.25) is 0 Å². The van der Waals surface area contributed by atoms with Crippen LogP contribution in [0.3, 0.4) is 0 Å². The van der Waals surface area contributed by atoms with E-state index < -0.39 is 0 Å². The van der Waals surface area contributed by atoms with Crippen molar-refractivity contribution in [3.8, 4) is 6.07 Å². The minimum Gasteiger partial charge on any atom is -0.336 e. The summed E-state index contributed by atoms with van der Waals surface area (Å²) in [6.45, 7) is 6.98. The predicted molar refractivity (Wildman–Crippen MR) is 96.9 cm³/mol. The van der Waals surface area contributed by atoms with Gasteiger partial charge < -0.3 is 15.1 Å². The van der Waals surface area contributed by atoms with Gasteiger partial charge in [-0.05, 0) is 25.4 Å². The van der Waals surface area contributed by atoms with E-state index in [-0.39, 0.29) is 18.0 Å². The number of rotatable bonds is 6. The second-order valence-corrected chi connectivity index (χ2v) is 7.45. The maximum atomic E-state index is 12.3. The molecule has 0 unspecified atom stereocenters. The lowest BCUT2D eigenvalue weighted by Crippen LogP contribution is -2.49. The lowest BCUT2D eigenvalue weighted by atomic mass is 10.1. The van der Waals surface area contributed by atoms with Crippen molar-refractivity contribution in [2.75, 3.05) is 53.4 Å². The molecule has 0 saturated carbocycles. The van der Waals surface area contributed by atoms with Gasteiger partial charge in [-0.3, -0.25) is 4.90 Å². The van der Waals surface area contributed by atoms with Crippen molar-refractivity contribution in [2.45, 2.75) is 13.0 Å². The van der Waals surface area contributed by atoms with Crippen molar-refractivity contribution in [1.82, 2.24) is 20.0 Å². The van der Waals surface area contributed by atoms with Crippen LogP contribution in [0.5, 0.6) is 0 Å². The number of nitriles is 1. The minimum absolute atomic E-state index is 0.118. The number of likely N-dealkylation sites (N-methyl/N-ethyl adjacent to an activating group) is 1. The number of carbonyl (C=O) groups excluding carboxylic acids is 1. The van der Waals surface area contributed by atoms with Gasteiger partial charge in [0.05, 0.1) is 18.0 Å². The number of hydrogen-bond acceptors (Lipinski definition) is 5.